The largest absolute Gasteiger partial charge is 0.310 e. The molecule has 1 atom stereocenters. The number of anilines is 3. The molecule has 12 rings (SSSR count). The highest BCUT2D eigenvalue weighted by atomic mass is 15.1. The lowest BCUT2D eigenvalue weighted by Gasteiger charge is -2.48. The van der Waals surface area contributed by atoms with E-state index in [9.17, 15) is 0 Å². The third-order valence-electron chi connectivity index (χ3n) is 14.5. The van der Waals surface area contributed by atoms with Gasteiger partial charge in [0, 0.05) is 22.1 Å². The zero-order valence-electron chi connectivity index (χ0n) is 35.7. The molecule has 62 heavy (non-hydrogen) atoms. The van der Waals surface area contributed by atoms with Gasteiger partial charge in [0.05, 0.1) is 16.8 Å². The van der Waals surface area contributed by atoms with Crippen LogP contribution in [0, 0.1) is 0 Å². The Morgan fingerprint density at radius 3 is 1.55 bits per heavy atom. The summed E-state index contributed by atoms with van der Waals surface area (Å²) in [4.78, 5) is 2.59. The van der Waals surface area contributed by atoms with Gasteiger partial charge < -0.3 is 4.90 Å². The minimum atomic E-state index is -0.555. The van der Waals surface area contributed by atoms with Crippen LogP contribution in [0.5, 0.6) is 0 Å². The SMILES string of the molecule is CC1(C)c2ccccc2-c2ccc(N(c3ccccc3-c3ccccc3)c3cccc4c3C(C)(C)c3ccccc3C43c4ccccc4-c4c(-c5ccccc5)cccc43)cc21. The Hall–Kier alpha value is -7.22. The lowest BCUT2D eigenvalue weighted by Crippen LogP contribution is -2.41. The van der Waals surface area contributed by atoms with Crippen molar-refractivity contribution in [3.8, 4) is 44.5 Å². The topological polar surface area (TPSA) is 3.24 Å². The maximum atomic E-state index is 2.59. The van der Waals surface area contributed by atoms with E-state index >= 15 is 0 Å². The molecule has 0 aliphatic heterocycles. The summed E-state index contributed by atoms with van der Waals surface area (Å²) in [6.07, 6.45) is 0. The second-order valence-electron chi connectivity index (χ2n) is 18.4. The van der Waals surface area contributed by atoms with Crippen LogP contribution in [0.15, 0.2) is 212 Å². The lowest BCUT2D eigenvalue weighted by molar-refractivity contribution is 0.564. The summed E-state index contributed by atoms with van der Waals surface area (Å²) in [7, 11) is 0. The molecule has 0 radical (unpaired) electrons. The molecule has 9 aromatic carbocycles. The standard InChI is InChI=1S/C61H47N/c1-59(2)48-29-14-11-26-45(48)46-38-37-42(39-54(46)59)62(55-35-18-13-25-43(55)40-21-7-5-8-22-40)56-36-20-34-53-58(56)60(3,4)50-31-16-17-32-51(50)61(53)49-30-15-12-27-47(49)57-44(28-19-33-52(57)61)41-23-9-6-10-24-41/h5-39H,1-4H3. The predicted molar refractivity (Wildman–Crippen MR) is 259 cm³/mol. The quantitative estimate of drug-likeness (QED) is 0.168. The van der Waals surface area contributed by atoms with E-state index in [1.54, 1.807) is 0 Å². The van der Waals surface area contributed by atoms with E-state index in [-0.39, 0.29) is 10.8 Å². The van der Waals surface area contributed by atoms with E-state index in [1.165, 1.54) is 94.7 Å². The highest BCUT2D eigenvalue weighted by molar-refractivity contribution is 5.98. The Balaban J connectivity index is 1.20. The molecule has 0 saturated carbocycles. The maximum Gasteiger partial charge on any atom is 0.0720 e. The zero-order chi connectivity index (χ0) is 41.8. The van der Waals surface area contributed by atoms with Gasteiger partial charge in [-0.15, -0.1) is 0 Å². The summed E-state index contributed by atoms with van der Waals surface area (Å²) in [5, 5.41) is 0. The number of hydrogen-bond acceptors (Lipinski definition) is 1. The highest BCUT2D eigenvalue weighted by Crippen LogP contribution is 2.65. The van der Waals surface area contributed by atoms with E-state index in [2.05, 4.69) is 245 Å². The van der Waals surface area contributed by atoms with Gasteiger partial charge in [-0.25, -0.2) is 0 Å². The summed E-state index contributed by atoms with van der Waals surface area (Å²) in [5.41, 5.74) is 23.4. The molecule has 296 valence electrons. The van der Waals surface area contributed by atoms with E-state index in [0.717, 1.165) is 11.4 Å². The fraction of sp³-hybridized carbons (Fsp3) is 0.115. The summed E-state index contributed by atoms with van der Waals surface area (Å²) < 4.78 is 0. The van der Waals surface area contributed by atoms with E-state index < -0.39 is 5.41 Å². The van der Waals surface area contributed by atoms with Crippen molar-refractivity contribution in [2.75, 3.05) is 4.90 Å². The van der Waals surface area contributed by atoms with Gasteiger partial charge >= 0.3 is 0 Å². The number of benzene rings is 9. The van der Waals surface area contributed by atoms with E-state index in [0.29, 0.717) is 0 Å². The average Bonchev–Trinajstić information content (AvgIpc) is 3.75. The first-order valence-corrected chi connectivity index (χ1v) is 22.0. The van der Waals surface area contributed by atoms with Crippen molar-refractivity contribution in [1.82, 2.24) is 0 Å². The Bertz CT molecular complexity index is 3240. The molecule has 0 N–H and O–H groups in total. The molecule has 0 amide bonds. The molecule has 0 bridgehead atoms. The Morgan fingerprint density at radius 1 is 0.306 bits per heavy atom. The van der Waals surface area contributed by atoms with Crippen LogP contribution in [-0.2, 0) is 16.2 Å². The first-order chi connectivity index (χ1) is 30.3. The summed E-state index contributed by atoms with van der Waals surface area (Å²) >= 11 is 0. The van der Waals surface area contributed by atoms with Crippen LogP contribution < -0.4 is 4.90 Å². The van der Waals surface area contributed by atoms with Crippen LogP contribution in [0.4, 0.5) is 17.1 Å². The van der Waals surface area contributed by atoms with Crippen molar-refractivity contribution in [3.63, 3.8) is 0 Å². The molecule has 3 aliphatic carbocycles. The predicted octanol–water partition coefficient (Wildman–Crippen LogP) is 15.8. The van der Waals surface area contributed by atoms with E-state index in [4.69, 9.17) is 0 Å². The number of hydrogen-bond donors (Lipinski definition) is 0. The van der Waals surface area contributed by atoms with Crippen molar-refractivity contribution in [3.05, 3.63) is 257 Å². The number of fused-ring (bicyclic) bond motifs is 12. The summed E-state index contributed by atoms with van der Waals surface area (Å²) in [6, 6.07) is 79.7. The molecule has 3 aliphatic rings. The smallest absolute Gasteiger partial charge is 0.0720 e. The fourth-order valence-corrected chi connectivity index (χ4v) is 11.9. The molecule has 0 fully saturated rings. The first-order valence-electron chi connectivity index (χ1n) is 22.0. The Kier molecular flexibility index (Phi) is 7.91. The molecule has 1 heteroatoms. The van der Waals surface area contributed by atoms with Crippen LogP contribution in [0.2, 0.25) is 0 Å². The summed E-state index contributed by atoms with van der Waals surface area (Å²) in [5.74, 6) is 0. The fourth-order valence-electron chi connectivity index (χ4n) is 11.9. The monoisotopic (exact) mass is 793 g/mol. The van der Waals surface area contributed by atoms with Gasteiger partial charge in [-0.2, -0.15) is 0 Å². The molecular formula is C61H47N. The van der Waals surface area contributed by atoms with Gasteiger partial charge in [0.2, 0.25) is 0 Å². The molecule has 0 saturated heterocycles. The second kappa shape index (κ2) is 13.4. The first kappa shape index (κ1) is 36.6. The van der Waals surface area contributed by atoms with Crippen molar-refractivity contribution >= 4 is 17.1 Å². The van der Waals surface area contributed by atoms with Crippen molar-refractivity contribution in [2.45, 2.75) is 43.9 Å². The van der Waals surface area contributed by atoms with Crippen molar-refractivity contribution in [2.24, 2.45) is 0 Å². The van der Waals surface area contributed by atoms with Crippen LogP contribution in [0.3, 0.4) is 0 Å². The van der Waals surface area contributed by atoms with Crippen molar-refractivity contribution in [1.29, 1.82) is 0 Å². The van der Waals surface area contributed by atoms with Crippen LogP contribution in [0.25, 0.3) is 44.5 Å². The Morgan fingerprint density at radius 2 is 0.806 bits per heavy atom. The molecule has 1 unspecified atom stereocenters. The van der Waals surface area contributed by atoms with Crippen LogP contribution in [-0.4, -0.2) is 0 Å². The molecular weight excluding hydrogens is 747 g/mol. The lowest BCUT2D eigenvalue weighted by atomic mass is 9.55. The van der Waals surface area contributed by atoms with Gasteiger partial charge in [0.15, 0.2) is 0 Å². The number of rotatable bonds is 5. The van der Waals surface area contributed by atoms with Gasteiger partial charge in [0.25, 0.3) is 0 Å². The van der Waals surface area contributed by atoms with Gasteiger partial charge in [0.1, 0.15) is 0 Å². The van der Waals surface area contributed by atoms with Gasteiger partial charge in [-0.1, -0.05) is 216 Å². The molecule has 1 nitrogen and oxygen atoms in total. The molecule has 9 aromatic rings. The van der Waals surface area contributed by atoms with Crippen molar-refractivity contribution < 1.29 is 0 Å². The second-order valence-corrected chi connectivity index (χ2v) is 18.4. The van der Waals surface area contributed by atoms with Crippen LogP contribution in [0.1, 0.15) is 72.2 Å². The third kappa shape index (κ3) is 4.91. The zero-order valence-corrected chi connectivity index (χ0v) is 35.7. The Labute approximate surface area is 365 Å². The summed E-state index contributed by atoms with van der Waals surface area (Å²) in [6.45, 7) is 9.67. The van der Waals surface area contributed by atoms with Gasteiger partial charge in [-0.3, -0.25) is 0 Å². The van der Waals surface area contributed by atoms with Gasteiger partial charge in [-0.05, 0) is 108 Å². The minimum absolute atomic E-state index is 0.154. The highest BCUT2D eigenvalue weighted by Gasteiger charge is 2.55. The van der Waals surface area contributed by atoms with E-state index in [1.807, 2.05) is 0 Å². The third-order valence-corrected chi connectivity index (χ3v) is 14.5. The minimum Gasteiger partial charge on any atom is -0.310 e. The average molecular weight is 794 g/mol. The number of nitrogens with zero attached hydrogens (tertiary/aromatic N) is 1. The van der Waals surface area contributed by atoms with Crippen LogP contribution >= 0.6 is 0 Å². The normalized spacial score (nSPS) is 16.7. The molecule has 0 heterocycles. The maximum absolute atomic E-state index is 2.59. The molecule has 0 aromatic heterocycles. The molecule has 1 spiro atoms. The number of para-hydroxylation sites is 1.